The van der Waals surface area contributed by atoms with Gasteiger partial charge in [-0.15, -0.1) is 0 Å². The zero-order chi connectivity index (χ0) is 9.10. The zero-order valence-corrected chi connectivity index (χ0v) is 7.69. The van der Waals surface area contributed by atoms with Gasteiger partial charge in [0.1, 0.15) is 0 Å². The Labute approximate surface area is 77.6 Å². The van der Waals surface area contributed by atoms with E-state index in [9.17, 15) is 0 Å². The molecule has 1 aromatic heterocycles. The molecular weight excluding hydrogens is 166 g/mol. The summed E-state index contributed by atoms with van der Waals surface area (Å²) < 4.78 is 0. The quantitative estimate of drug-likeness (QED) is 0.519. The van der Waals surface area contributed by atoms with Gasteiger partial charge in [-0.2, -0.15) is 0 Å². The standard InChI is InChI=1S/C10H13NO2/c1-12-13-7-8-4-9-2-3-11-6-10(9)5-8/h2-3,6,8H,4-5,7H2,1H3. The van der Waals surface area contributed by atoms with Crippen LogP contribution in [0.5, 0.6) is 0 Å². The fourth-order valence-corrected chi connectivity index (χ4v) is 1.82. The van der Waals surface area contributed by atoms with Crippen LogP contribution in [-0.2, 0) is 22.6 Å². The van der Waals surface area contributed by atoms with Crippen molar-refractivity contribution >= 4 is 0 Å². The first kappa shape index (κ1) is 8.66. The molecule has 0 saturated heterocycles. The Balaban J connectivity index is 1.97. The van der Waals surface area contributed by atoms with Crippen molar-refractivity contribution in [1.29, 1.82) is 0 Å². The van der Waals surface area contributed by atoms with Crippen LogP contribution in [0.3, 0.4) is 0 Å². The van der Waals surface area contributed by atoms with Gasteiger partial charge < -0.3 is 0 Å². The SMILES string of the molecule is COOCC1Cc2ccncc2C1. The van der Waals surface area contributed by atoms with Crippen LogP contribution in [0.25, 0.3) is 0 Å². The highest BCUT2D eigenvalue weighted by molar-refractivity contribution is 5.28. The molecule has 0 bridgehead atoms. The van der Waals surface area contributed by atoms with Crippen LogP contribution >= 0.6 is 0 Å². The summed E-state index contributed by atoms with van der Waals surface area (Å²) in [6.07, 6.45) is 5.94. The number of hydrogen-bond acceptors (Lipinski definition) is 3. The van der Waals surface area contributed by atoms with Crippen molar-refractivity contribution in [2.45, 2.75) is 12.8 Å². The van der Waals surface area contributed by atoms with Crippen molar-refractivity contribution in [2.75, 3.05) is 13.7 Å². The second kappa shape index (κ2) is 3.85. The number of nitrogens with zero attached hydrogens (tertiary/aromatic N) is 1. The van der Waals surface area contributed by atoms with E-state index >= 15 is 0 Å². The first-order valence-corrected chi connectivity index (χ1v) is 4.47. The number of hydrogen-bond donors (Lipinski definition) is 0. The summed E-state index contributed by atoms with van der Waals surface area (Å²) in [6, 6.07) is 2.09. The van der Waals surface area contributed by atoms with Crippen LogP contribution < -0.4 is 0 Å². The third kappa shape index (κ3) is 1.87. The Bertz CT molecular complexity index is 263. The molecule has 0 saturated carbocycles. The van der Waals surface area contributed by atoms with E-state index in [1.807, 2.05) is 12.4 Å². The lowest BCUT2D eigenvalue weighted by atomic mass is 10.1. The predicted molar refractivity (Wildman–Crippen MR) is 48.1 cm³/mol. The molecule has 1 unspecified atom stereocenters. The molecular formula is C10H13NO2. The van der Waals surface area contributed by atoms with Gasteiger partial charge in [-0.3, -0.25) is 4.98 Å². The average Bonchev–Trinajstić information content (AvgIpc) is 2.57. The Morgan fingerprint density at radius 3 is 3.08 bits per heavy atom. The van der Waals surface area contributed by atoms with Crippen molar-refractivity contribution in [1.82, 2.24) is 4.98 Å². The van der Waals surface area contributed by atoms with Crippen LogP contribution in [0.2, 0.25) is 0 Å². The monoisotopic (exact) mass is 179 g/mol. The molecule has 70 valence electrons. The topological polar surface area (TPSA) is 31.4 Å². The van der Waals surface area contributed by atoms with Crippen LogP contribution in [0.1, 0.15) is 11.1 Å². The molecule has 13 heavy (non-hydrogen) atoms. The third-order valence-electron chi connectivity index (χ3n) is 2.44. The zero-order valence-electron chi connectivity index (χ0n) is 7.69. The van der Waals surface area contributed by atoms with Crippen LogP contribution in [0.15, 0.2) is 18.5 Å². The molecule has 1 heterocycles. The number of aromatic nitrogens is 1. The Kier molecular flexibility index (Phi) is 2.57. The Hall–Kier alpha value is -0.930. The maximum Gasteiger partial charge on any atom is 0.0856 e. The second-order valence-corrected chi connectivity index (χ2v) is 3.37. The normalized spacial score (nSPS) is 20.2. The fourth-order valence-electron chi connectivity index (χ4n) is 1.82. The summed E-state index contributed by atoms with van der Waals surface area (Å²) in [7, 11) is 1.55. The minimum Gasteiger partial charge on any atom is -0.264 e. The second-order valence-electron chi connectivity index (χ2n) is 3.37. The molecule has 3 heteroatoms. The largest absolute Gasteiger partial charge is 0.264 e. The number of fused-ring (bicyclic) bond motifs is 1. The molecule has 0 spiro atoms. The van der Waals surface area contributed by atoms with Crippen molar-refractivity contribution in [3.05, 3.63) is 29.6 Å². The molecule has 1 aromatic rings. The Morgan fingerprint density at radius 1 is 1.46 bits per heavy atom. The van der Waals surface area contributed by atoms with Crippen LogP contribution in [-0.4, -0.2) is 18.7 Å². The van der Waals surface area contributed by atoms with Gasteiger partial charge in [-0.05, 0) is 36.0 Å². The molecule has 3 nitrogen and oxygen atoms in total. The van der Waals surface area contributed by atoms with E-state index in [2.05, 4.69) is 15.9 Å². The van der Waals surface area contributed by atoms with Crippen LogP contribution in [0, 0.1) is 5.92 Å². The maximum atomic E-state index is 4.93. The first-order chi connectivity index (χ1) is 6.40. The molecule has 0 N–H and O–H groups in total. The lowest BCUT2D eigenvalue weighted by molar-refractivity contribution is -0.279. The van der Waals surface area contributed by atoms with Gasteiger partial charge in [0.2, 0.25) is 0 Å². The lowest BCUT2D eigenvalue weighted by Gasteiger charge is -2.06. The predicted octanol–water partition coefficient (Wildman–Crippen LogP) is 1.37. The number of rotatable bonds is 3. The summed E-state index contributed by atoms with van der Waals surface area (Å²) in [6.45, 7) is 0.672. The van der Waals surface area contributed by atoms with Crippen LogP contribution in [0.4, 0.5) is 0 Å². The van der Waals surface area contributed by atoms with Crippen molar-refractivity contribution < 1.29 is 9.78 Å². The summed E-state index contributed by atoms with van der Waals surface area (Å²) in [4.78, 5) is 13.6. The van der Waals surface area contributed by atoms with Gasteiger partial charge in [0.25, 0.3) is 0 Å². The summed E-state index contributed by atoms with van der Waals surface area (Å²) in [5, 5.41) is 0. The molecule has 0 aliphatic heterocycles. The maximum absolute atomic E-state index is 4.93. The molecule has 1 atom stereocenters. The highest BCUT2D eigenvalue weighted by atomic mass is 17.2. The molecule has 0 amide bonds. The van der Waals surface area contributed by atoms with Crippen molar-refractivity contribution in [2.24, 2.45) is 5.92 Å². The Morgan fingerprint density at radius 2 is 2.31 bits per heavy atom. The van der Waals surface area contributed by atoms with E-state index < -0.39 is 0 Å². The minimum absolute atomic E-state index is 0.555. The smallest absolute Gasteiger partial charge is 0.0856 e. The van der Waals surface area contributed by atoms with Crippen molar-refractivity contribution in [3.8, 4) is 0 Å². The third-order valence-corrected chi connectivity index (χ3v) is 2.44. The highest BCUT2D eigenvalue weighted by Crippen LogP contribution is 2.25. The van der Waals surface area contributed by atoms with E-state index in [0.717, 1.165) is 12.8 Å². The van der Waals surface area contributed by atoms with Gasteiger partial charge in [0.15, 0.2) is 0 Å². The van der Waals surface area contributed by atoms with Gasteiger partial charge >= 0.3 is 0 Å². The number of pyridine rings is 1. The molecule has 0 fully saturated rings. The molecule has 2 rings (SSSR count). The molecule has 0 aromatic carbocycles. The van der Waals surface area contributed by atoms with E-state index in [1.165, 1.54) is 11.1 Å². The van der Waals surface area contributed by atoms with Gasteiger partial charge in [-0.1, -0.05) is 0 Å². The molecule has 1 aliphatic rings. The summed E-state index contributed by atoms with van der Waals surface area (Å²) in [5.74, 6) is 0.555. The summed E-state index contributed by atoms with van der Waals surface area (Å²) in [5.41, 5.74) is 2.76. The molecule has 1 aliphatic carbocycles. The van der Waals surface area contributed by atoms with E-state index in [0.29, 0.717) is 12.5 Å². The van der Waals surface area contributed by atoms with E-state index in [-0.39, 0.29) is 0 Å². The van der Waals surface area contributed by atoms with E-state index in [1.54, 1.807) is 7.11 Å². The van der Waals surface area contributed by atoms with Gasteiger partial charge in [0, 0.05) is 12.4 Å². The average molecular weight is 179 g/mol. The fraction of sp³-hybridized carbons (Fsp3) is 0.500. The summed E-state index contributed by atoms with van der Waals surface area (Å²) >= 11 is 0. The highest BCUT2D eigenvalue weighted by Gasteiger charge is 2.21. The first-order valence-electron chi connectivity index (χ1n) is 4.47. The lowest BCUT2D eigenvalue weighted by Crippen LogP contribution is -2.08. The molecule has 0 radical (unpaired) electrons. The van der Waals surface area contributed by atoms with Gasteiger partial charge in [-0.25, -0.2) is 9.78 Å². The van der Waals surface area contributed by atoms with Crippen molar-refractivity contribution in [3.63, 3.8) is 0 Å². The van der Waals surface area contributed by atoms with E-state index in [4.69, 9.17) is 4.89 Å². The van der Waals surface area contributed by atoms with Gasteiger partial charge in [0.05, 0.1) is 13.7 Å². The minimum atomic E-state index is 0.555.